The Bertz CT molecular complexity index is 325. The number of ether oxygens (including phenoxy) is 1. The number of hydrogen-bond acceptors (Lipinski definition) is 4. The molecule has 5 nitrogen and oxygen atoms in total. The lowest BCUT2D eigenvalue weighted by Gasteiger charge is -2.34. The van der Waals surface area contributed by atoms with Gasteiger partial charge >= 0.3 is 6.09 Å². The first-order valence-corrected chi connectivity index (χ1v) is 7.33. The van der Waals surface area contributed by atoms with Gasteiger partial charge in [-0.15, -0.1) is 12.4 Å². The highest BCUT2D eigenvalue weighted by Crippen LogP contribution is 2.21. The number of hydrogen-bond donors (Lipinski definition) is 1. The lowest BCUT2D eigenvalue weighted by molar-refractivity contribution is 0.0276. The second-order valence-corrected chi connectivity index (χ2v) is 6.74. The van der Waals surface area contributed by atoms with E-state index in [0.717, 1.165) is 45.4 Å². The van der Waals surface area contributed by atoms with Gasteiger partial charge in [0.05, 0.1) is 0 Å². The SMILES string of the molecule is CC(C)(C)OC(=O)N1CC[C@H](N2CCC(N)CC2)C1.Cl. The predicted molar refractivity (Wildman–Crippen MR) is 82.2 cm³/mol. The van der Waals surface area contributed by atoms with Gasteiger partial charge in [-0.05, 0) is 53.1 Å². The zero-order valence-corrected chi connectivity index (χ0v) is 13.6. The summed E-state index contributed by atoms with van der Waals surface area (Å²) in [4.78, 5) is 16.3. The number of halogens is 1. The Morgan fingerprint density at radius 3 is 2.30 bits per heavy atom. The van der Waals surface area contributed by atoms with E-state index in [1.54, 1.807) is 0 Å². The van der Waals surface area contributed by atoms with Crippen molar-refractivity contribution in [2.75, 3.05) is 26.2 Å². The number of likely N-dealkylation sites (tertiary alicyclic amines) is 2. The molecule has 0 unspecified atom stereocenters. The molecule has 0 radical (unpaired) electrons. The number of piperidine rings is 1. The summed E-state index contributed by atoms with van der Waals surface area (Å²) in [5.74, 6) is 0. The maximum atomic E-state index is 12.0. The van der Waals surface area contributed by atoms with E-state index in [-0.39, 0.29) is 18.5 Å². The predicted octanol–water partition coefficient (Wildman–Crippen LogP) is 1.84. The number of carbonyl (C=O) groups is 1. The van der Waals surface area contributed by atoms with Crippen LogP contribution in [0, 0.1) is 0 Å². The van der Waals surface area contributed by atoms with Crippen LogP contribution in [0.1, 0.15) is 40.0 Å². The van der Waals surface area contributed by atoms with E-state index in [1.807, 2.05) is 25.7 Å². The quantitative estimate of drug-likeness (QED) is 0.803. The minimum atomic E-state index is -0.410. The molecule has 2 aliphatic rings. The van der Waals surface area contributed by atoms with Crippen LogP contribution in [0.2, 0.25) is 0 Å². The molecule has 0 aromatic carbocycles. The summed E-state index contributed by atoms with van der Waals surface area (Å²) < 4.78 is 5.42. The van der Waals surface area contributed by atoms with Crippen molar-refractivity contribution in [3.8, 4) is 0 Å². The second kappa shape index (κ2) is 6.96. The first kappa shape index (κ1) is 17.5. The molecule has 0 spiro atoms. The highest BCUT2D eigenvalue weighted by molar-refractivity contribution is 5.85. The Morgan fingerprint density at radius 1 is 1.15 bits per heavy atom. The molecular weight excluding hydrogens is 278 g/mol. The first-order chi connectivity index (χ1) is 8.85. The Labute approximate surface area is 128 Å². The zero-order chi connectivity index (χ0) is 14.0. The van der Waals surface area contributed by atoms with E-state index in [4.69, 9.17) is 10.5 Å². The zero-order valence-electron chi connectivity index (χ0n) is 12.8. The van der Waals surface area contributed by atoms with Crippen LogP contribution in [0.25, 0.3) is 0 Å². The Hall–Kier alpha value is -0.520. The largest absolute Gasteiger partial charge is 0.444 e. The van der Waals surface area contributed by atoms with E-state index in [1.165, 1.54) is 0 Å². The smallest absolute Gasteiger partial charge is 0.410 e. The summed E-state index contributed by atoms with van der Waals surface area (Å²) in [6, 6.07) is 0.847. The van der Waals surface area contributed by atoms with Gasteiger partial charge in [0.2, 0.25) is 0 Å². The number of rotatable bonds is 1. The average molecular weight is 306 g/mol. The highest BCUT2D eigenvalue weighted by atomic mass is 35.5. The molecule has 2 rings (SSSR count). The molecular formula is C14H28ClN3O2. The lowest BCUT2D eigenvalue weighted by atomic mass is 10.0. The van der Waals surface area contributed by atoms with Crippen LogP contribution in [0.3, 0.4) is 0 Å². The van der Waals surface area contributed by atoms with Gasteiger partial charge in [-0.3, -0.25) is 4.90 Å². The van der Waals surface area contributed by atoms with E-state index >= 15 is 0 Å². The molecule has 0 aliphatic carbocycles. The van der Waals surface area contributed by atoms with Crippen molar-refractivity contribution in [1.29, 1.82) is 0 Å². The third-order valence-corrected chi connectivity index (χ3v) is 3.91. The molecule has 2 N–H and O–H groups in total. The summed E-state index contributed by atoms with van der Waals surface area (Å²) in [5, 5.41) is 0. The monoisotopic (exact) mass is 305 g/mol. The number of nitrogens with zero attached hydrogens (tertiary/aromatic N) is 2. The third-order valence-electron chi connectivity index (χ3n) is 3.91. The van der Waals surface area contributed by atoms with Crippen molar-refractivity contribution < 1.29 is 9.53 Å². The van der Waals surface area contributed by atoms with Crippen LogP contribution in [-0.4, -0.2) is 59.8 Å². The van der Waals surface area contributed by atoms with Crippen LogP contribution in [0.5, 0.6) is 0 Å². The van der Waals surface area contributed by atoms with E-state index in [2.05, 4.69) is 4.90 Å². The molecule has 1 amide bonds. The Morgan fingerprint density at radius 2 is 1.75 bits per heavy atom. The molecule has 6 heteroatoms. The topological polar surface area (TPSA) is 58.8 Å². The number of carbonyl (C=O) groups excluding carboxylic acids is 1. The standard InChI is InChI=1S/C14H27N3O2.ClH/c1-14(2,3)19-13(18)17-9-6-12(10-17)16-7-4-11(15)5-8-16;/h11-12H,4-10,15H2,1-3H3;1H/t12-;/m0./s1. The third kappa shape index (κ3) is 4.79. The van der Waals surface area contributed by atoms with Gasteiger partial charge < -0.3 is 15.4 Å². The van der Waals surface area contributed by atoms with Crippen molar-refractivity contribution in [1.82, 2.24) is 9.80 Å². The molecule has 0 saturated carbocycles. The Kier molecular flexibility index (Phi) is 6.10. The summed E-state index contributed by atoms with van der Waals surface area (Å²) in [5.41, 5.74) is 5.52. The van der Waals surface area contributed by atoms with Gasteiger partial charge in [0.1, 0.15) is 5.60 Å². The summed E-state index contributed by atoms with van der Waals surface area (Å²) in [6.45, 7) is 9.45. The van der Waals surface area contributed by atoms with Gasteiger partial charge in [0.25, 0.3) is 0 Å². The van der Waals surface area contributed by atoms with Crippen molar-refractivity contribution in [2.24, 2.45) is 5.73 Å². The fourth-order valence-corrected chi connectivity index (χ4v) is 2.82. The van der Waals surface area contributed by atoms with Crippen molar-refractivity contribution >= 4 is 18.5 Å². The van der Waals surface area contributed by atoms with Gasteiger partial charge in [0.15, 0.2) is 0 Å². The second-order valence-electron chi connectivity index (χ2n) is 6.74. The molecule has 0 aromatic heterocycles. The summed E-state index contributed by atoms with van der Waals surface area (Å²) in [7, 11) is 0. The lowest BCUT2D eigenvalue weighted by Crippen LogP contribution is -2.46. The molecule has 2 aliphatic heterocycles. The normalized spacial score (nSPS) is 25.4. The maximum Gasteiger partial charge on any atom is 0.410 e. The van der Waals surface area contributed by atoms with Gasteiger partial charge in [-0.2, -0.15) is 0 Å². The van der Waals surface area contributed by atoms with Crippen LogP contribution < -0.4 is 5.73 Å². The summed E-state index contributed by atoms with van der Waals surface area (Å²) >= 11 is 0. The van der Waals surface area contributed by atoms with Crippen molar-refractivity contribution in [3.05, 3.63) is 0 Å². The van der Waals surface area contributed by atoms with Gasteiger partial charge in [-0.1, -0.05) is 0 Å². The minimum absolute atomic E-state index is 0. The Balaban J connectivity index is 0.00000200. The van der Waals surface area contributed by atoms with Crippen molar-refractivity contribution in [3.63, 3.8) is 0 Å². The highest BCUT2D eigenvalue weighted by Gasteiger charge is 2.33. The first-order valence-electron chi connectivity index (χ1n) is 7.33. The van der Waals surface area contributed by atoms with Crippen LogP contribution in [-0.2, 0) is 4.74 Å². The number of amides is 1. The van der Waals surface area contributed by atoms with Gasteiger partial charge in [-0.25, -0.2) is 4.79 Å². The minimum Gasteiger partial charge on any atom is -0.444 e. The molecule has 1 atom stereocenters. The molecule has 20 heavy (non-hydrogen) atoms. The van der Waals surface area contributed by atoms with Gasteiger partial charge in [0, 0.05) is 25.2 Å². The summed E-state index contributed by atoms with van der Waals surface area (Å²) in [6.07, 6.45) is 3.02. The average Bonchev–Trinajstić information content (AvgIpc) is 2.77. The fourth-order valence-electron chi connectivity index (χ4n) is 2.82. The molecule has 0 bridgehead atoms. The maximum absolute atomic E-state index is 12.0. The molecule has 2 heterocycles. The van der Waals surface area contributed by atoms with Crippen LogP contribution >= 0.6 is 12.4 Å². The van der Waals surface area contributed by atoms with Crippen LogP contribution in [0.4, 0.5) is 4.79 Å². The van der Waals surface area contributed by atoms with E-state index in [0.29, 0.717) is 12.1 Å². The molecule has 2 saturated heterocycles. The molecule has 2 fully saturated rings. The van der Waals surface area contributed by atoms with E-state index in [9.17, 15) is 4.79 Å². The fraction of sp³-hybridized carbons (Fsp3) is 0.929. The number of nitrogens with two attached hydrogens (primary N) is 1. The van der Waals surface area contributed by atoms with E-state index < -0.39 is 5.60 Å². The van der Waals surface area contributed by atoms with Crippen molar-refractivity contribution in [2.45, 2.75) is 57.7 Å². The van der Waals surface area contributed by atoms with Crippen LogP contribution in [0.15, 0.2) is 0 Å². The molecule has 0 aromatic rings. The molecule has 118 valence electrons.